The van der Waals surface area contributed by atoms with Gasteiger partial charge in [0.2, 0.25) is 0 Å². The third-order valence-electron chi connectivity index (χ3n) is 2.31. The fourth-order valence-corrected chi connectivity index (χ4v) is 1.53. The largest absolute Gasteiger partial charge is 0.278 e. The van der Waals surface area contributed by atoms with E-state index in [4.69, 9.17) is 11.6 Å². The maximum Gasteiger partial charge on any atom is 0.141 e. The van der Waals surface area contributed by atoms with Gasteiger partial charge in [0, 0.05) is 6.20 Å². The van der Waals surface area contributed by atoms with Gasteiger partial charge in [-0.25, -0.2) is 4.39 Å². The van der Waals surface area contributed by atoms with Gasteiger partial charge >= 0.3 is 0 Å². The number of nitrogens with zero attached hydrogens (tertiary/aromatic N) is 2. The molecule has 0 atom stereocenters. The molecular weight excluding hydrogens is 253 g/mol. The molecule has 0 aliphatic heterocycles. The number of rotatable bonds is 3. The number of nitrogens with one attached hydrogen (secondary N) is 1. The number of benzene rings is 1. The predicted molar refractivity (Wildman–Crippen MR) is 71.5 cm³/mol. The zero-order valence-corrected chi connectivity index (χ0v) is 10.4. The molecule has 0 saturated carbocycles. The summed E-state index contributed by atoms with van der Waals surface area (Å²) in [6.45, 7) is 1.83. The van der Waals surface area contributed by atoms with Gasteiger partial charge in [-0.05, 0) is 37.3 Å². The highest BCUT2D eigenvalue weighted by Crippen LogP contribution is 2.19. The molecule has 0 amide bonds. The minimum atomic E-state index is -0.451. The average molecular weight is 264 g/mol. The van der Waals surface area contributed by atoms with E-state index in [9.17, 15) is 4.39 Å². The number of hydrogen-bond acceptors (Lipinski definition) is 3. The maximum atomic E-state index is 13.0. The third-order valence-corrected chi connectivity index (χ3v) is 2.60. The number of aromatic nitrogens is 1. The molecule has 0 bridgehead atoms. The number of halogens is 2. The molecule has 5 heteroatoms. The molecule has 0 radical (unpaired) electrons. The van der Waals surface area contributed by atoms with E-state index in [0.29, 0.717) is 5.69 Å². The topological polar surface area (TPSA) is 37.3 Å². The van der Waals surface area contributed by atoms with Gasteiger partial charge in [0.1, 0.15) is 5.82 Å². The van der Waals surface area contributed by atoms with Crippen molar-refractivity contribution in [1.82, 2.24) is 4.98 Å². The Hall–Kier alpha value is -1.94. The molecule has 0 aliphatic carbocycles. The molecule has 92 valence electrons. The van der Waals surface area contributed by atoms with E-state index in [2.05, 4.69) is 15.5 Å². The Morgan fingerprint density at radius 3 is 2.83 bits per heavy atom. The Kier molecular flexibility index (Phi) is 3.89. The van der Waals surface area contributed by atoms with Crippen LogP contribution in [0.2, 0.25) is 5.02 Å². The molecule has 2 aromatic rings. The second-order valence-electron chi connectivity index (χ2n) is 3.65. The van der Waals surface area contributed by atoms with Crippen molar-refractivity contribution in [1.29, 1.82) is 0 Å². The monoisotopic (exact) mass is 263 g/mol. The van der Waals surface area contributed by atoms with Gasteiger partial charge < -0.3 is 0 Å². The van der Waals surface area contributed by atoms with Crippen molar-refractivity contribution in [3.63, 3.8) is 0 Å². The molecular formula is C13H11ClFN3. The molecule has 0 saturated heterocycles. The summed E-state index contributed by atoms with van der Waals surface area (Å²) in [5.41, 5.74) is 4.94. The second-order valence-corrected chi connectivity index (χ2v) is 4.06. The summed E-state index contributed by atoms with van der Waals surface area (Å²) < 4.78 is 13.0. The number of pyridine rings is 1. The van der Waals surface area contributed by atoms with E-state index < -0.39 is 5.82 Å². The minimum absolute atomic E-state index is 0.0608. The lowest BCUT2D eigenvalue weighted by molar-refractivity contribution is 0.628. The molecule has 0 aliphatic rings. The number of anilines is 1. The van der Waals surface area contributed by atoms with Crippen LogP contribution in [0.4, 0.5) is 10.1 Å². The second kappa shape index (κ2) is 5.60. The Balaban J connectivity index is 2.13. The number of hydrazone groups is 1. The van der Waals surface area contributed by atoms with Crippen LogP contribution in [0, 0.1) is 5.82 Å². The highest BCUT2D eigenvalue weighted by molar-refractivity contribution is 6.31. The van der Waals surface area contributed by atoms with Crippen LogP contribution in [0.15, 0.2) is 47.7 Å². The van der Waals surface area contributed by atoms with Gasteiger partial charge in [-0.15, -0.1) is 0 Å². The van der Waals surface area contributed by atoms with Gasteiger partial charge in [0.25, 0.3) is 0 Å². The Bertz CT molecular complexity index is 570. The Morgan fingerprint density at radius 2 is 2.17 bits per heavy atom. The van der Waals surface area contributed by atoms with Crippen molar-refractivity contribution in [2.75, 3.05) is 5.43 Å². The van der Waals surface area contributed by atoms with Crippen molar-refractivity contribution in [2.24, 2.45) is 5.10 Å². The molecule has 0 unspecified atom stereocenters. The van der Waals surface area contributed by atoms with Crippen LogP contribution in [0.25, 0.3) is 0 Å². The van der Waals surface area contributed by atoms with Crippen LogP contribution >= 0.6 is 11.6 Å². The van der Waals surface area contributed by atoms with Gasteiger partial charge in [-0.1, -0.05) is 17.7 Å². The third kappa shape index (κ3) is 3.05. The molecule has 1 heterocycles. The molecule has 1 aromatic carbocycles. The summed E-state index contributed by atoms with van der Waals surface area (Å²) >= 11 is 5.67. The lowest BCUT2D eigenvalue weighted by atomic mass is 10.3. The van der Waals surface area contributed by atoms with E-state index in [1.807, 2.05) is 25.1 Å². The van der Waals surface area contributed by atoms with Crippen molar-refractivity contribution < 1.29 is 4.39 Å². The standard InChI is InChI=1S/C13H11ClFN3/c1-9(13-4-2-3-7-16-13)17-18-10-5-6-12(15)11(14)8-10/h2-8,18H,1H3/b17-9-. The van der Waals surface area contributed by atoms with Gasteiger partial charge in [-0.3, -0.25) is 10.4 Å². The van der Waals surface area contributed by atoms with Gasteiger partial charge in [0.05, 0.1) is 22.1 Å². The predicted octanol–water partition coefficient (Wildman–Crippen LogP) is 3.71. The van der Waals surface area contributed by atoms with Gasteiger partial charge in [-0.2, -0.15) is 5.10 Å². The van der Waals surface area contributed by atoms with Crippen molar-refractivity contribution >= 4 is 23.0 Å². The summed E-state index contributed by atoms with van der Waals surface area (Å²) in [7, 11) is 0. The first-order valence-electron chi connectivity index (χ1n) is 5.33. The van der Waals surface area contributed by atoms with E-state index in [1.165, 1.54) is 12.1 Å². The highest BCUT2D eigenvalue weighted by Gasteiger charge is 2.01. The Labute approximate surface area is 109 Å². The minimum Gasteiger partial charge on any atom is -0.278 e. The molecule has 1 aromatic heterocycles. The zero-order chi connectivity index (χ0) is 13.0. The first-order chi connectivity index (χ1) is 8.66. The van der Waals surface area contributed by atoms with Crippen molar-refractivity contribution in [3.8, 4) is 0 Å². The van der Waals surface area contributed by atoms with E-state index in [1.54, 1.807) is 12.3 Å². The summed E-state index contributed by atoms with van der Waals surface area (Å²) in [6, 6.07) is 9.91. The molecule has 3 nitrogen and oxygen atoms in total. The van der Waals surface area contributed by atoms with Crippen molar-refractivity contribution in [2.45, 2.75) is 6.92 Å². The van der Waals surface area contributed by atoms with Crippen LogP contribution < -0.4 is 5.43 Å². The first kappa shape index (κ1) is 12.5. The highest BCUT2D eigenvalue weighted by atomic mass is 35.5. The summed E-state index contributed by atoms with van der Waals surface area (Å²) in [4.78, 5) is 4.17. The maximum absolute atomic E-state index is 13.0. The quantitative estimate of drug-likeness (QED) is 0.677. The number of hydrogen-bond donors (Lipinski definition) is 1. The fourth-order valence-electron chi connectivity index (χ4n) is 1.35. The van der Waals surface area contributed by atoms with E-state index in [-0.39, 0.29) is 5.02 Å². The molecule has 2 rings (SSSR count). The fraction of sp³-hybridized carbons (Fsp3) is 0.0769. The Morgan fingerprint density at radius 1 is 1.33 bits per heavy atom. The SMILES string of the molecule is C/C(=N/Nc1ccc(F)c(Cl)c1)c1ccccn1. The molecule has 0 spiro atoms. The summed E-state index contributed by atoms with van der Waals surface area (Å²) in [5.74, 6) is -0.451. The normalized spacial score (nSPS) is 11.4. The van der Waals surface area contributed by atoms with Crippen LogP contribution in [0.3, 0.4) is 0 Å². The molecule has 1 N–H and O–H groups in total. The molecule has 18 heavy (non-hydrogen) atoms. The zero-order valence-electron chi connectivity index (χ0n) is 9.69. The average Bonchev–Trinajstić information content (AvgIpc) is 2.41. The van der Waals surface area contributed by atoms with Crippen LogP contribution in [-0.4, -0.2) is 10.7 Å². The van der Waals surface area contributed by atoms with Crippen molar-refractivity contribution in [3.05, 3.63) is 59.1 Å². The van der Waals surface area contributed by atoms with Crippen LogP contribution in [-0.2, 0) is 0 Å². The van der Waals surface area contributed by atoms with E-state index >= 15 is 0 Å². The van der Waals surface area contributed by atoms with Gasteiger partial charge in [0.15, 0.2) is 0 Å². The lowest BCUT2D eigenvalue weighted by Gasteiger charge is -2.03. The summed E-state index contributed by atoms with van der Waals surface area (Å²) in [6.07, 6.45) is 1.70. The summed E-state index contributed by atoms with van der Waals surface area (Å²) in [5, 5.41) is 4.22. The lowest BCUT2D eigenvalue weighted by Crippen LogP contribution is -2.01. The van der Waals surface area contributed by atoms with Crippen LogP contribution in [0.5, 0.6) is 0 Å². The van der Waals surface area contributed by atoms with E-state index in [0.717, 1.165) is 11.4 Å². The first-order valence-corrected chi connectivity index (χ1v) is 5.71. The van der Waals surface area contributed by atoms with Crippen LogP contribution in [0.1, 0.15) is 12.6 Å². The smallest absolute Gasteiger partial charge is 0.141 e. The molecule has 0 fully saturated rings.